The summed E-state index contributed by atoms with van der Waals surface area (Å²) in [5.74, 6) is -0.193. The van der Waals surface area contributed by atoms with E-state index in [1.165, 1.54) is 4.90 Å². The lowest BCUT2D eigenvalue weighted by Crippen LogP contribution is -2.45. The van der Waals surface area contributed by atoms with Crippen molar-refractivity contribution >= 4 is 12.1 Å². The van der Waals surface area contributed by atoms with Crippen molar-refractivity contribution < 1.29 is 19.4 Å². The van der Waals surface area contributed by atoms with Crippen LogP contribution in [0.3, 0.4) is 0 Å². The number of carbonyl (C=O) groups is 2. The molecule has 108 valence electrons. The van der Waals surface area contributed by atoms with Gasteiger partial charge in [0.25, 0.3) is 0 Å². The van der Waals surface area contributed by atoms with Crippen molar-refractivity contribution in [3.05, 3.63) is 0 Å². The Labute approximate surface area is 113 Å². The summed E-state index contributed by atoms with van der Waals surface area (Å²) in [6, 6.07) is -0.185. The first-order valence-electron chi connectivity index (χ1n) is 7.25. The van der Waals surface area contributed by atoms with Crippen LogP contribution in [-0.2, 0) is 9.53 Å². The van der Waals surface area contributed by atoms with Crippen LogP contribution in [0.2, 0.25) is 0 Å². The first kappa shape index (κ1) is 14.2. The van der Waals surface area contributed by atoms with Crippen LogP contribution in [0.1, 0.15) is 52.4 Å². The van der Waals surface area contributed by atoms with Crippen molar-refractivity contribution in [2.24, 2.45) is 5.41 Å². The van der Waals surface area contributed by atoms with Gasteiger partial charge >= 0.3 is 12.1 Å². The summed E-state index contributed by atoms with van der Waals surface area (Å²) in [6.07, 6.45) is 3.90. The normalized spacial score (nSPS) is 32.6. The lowest BCUT2D eigenvalue weighted by molar-refractivity contribution is -0.158. The van der Waals surface area contributed by atoms with Gasteiger partial charge in [-0.3, -0.25) is 4.79 Å². The Kier molecular flexibility index (Phi) is 4.02. The van der Waals surface area contributed by atoms with Crippen molar-refractivity contribution in [1.29, 1.82) is 0 Å². The molecule has 0 aliphatic carbocycles. The largest absolute Gasteiger partial charge is 0.465 e. The van der Waals surface area contributed by atoms with E-state index in [2.05, 4.69) is 0 Å². The molecule has 0 radical (unpaired) electrons. The standard InChI is InChI=1S/C14H23NO4/c1-3-5-8-19-12(16)14(4-2)9-10-6-7-11(14)15(10)13(17)18/h10-11H,3-9H2,1-2H3,(H,17,18). The molecule has 2 fully saturated rings. The number of carboxylic acid groups (broad SMARTS) is 1. The molecule has 0 aromatic rings. The van der Waals surface area contributed by atoms with Gasteiger partial charge in [0.15, 0.2) is 0 Å². The SMILES string of the molecule is CCCCOC(=O)C1(CC)CC2CCC1N2C(=O)O. The summed E-state index contributed by atoms with van der Waals surface area (Å²) in [5.41, 5.74) is -0.602. The van der Waals surface area contributed by atoms with Gasteiger partial charge in [-0.2, -0.15) is 0 Å². The zero-order valence-electron chi connectivity index (χ0n) is 11.7. The van der Waals surface area contributed by atoms with Crippen LogP contribution >= 0.6 is 0 Å². The van der Waals surface area contributed by atoms with Crippen molar-refractivity contribution in [2.75, 3.05) is 6.61 Å². The number of fused-ring (bicyclic) bond motifs is 2. The van der Waals surface area contributed by atoms with Crippen LogP contribution in [0.15, 0.2) is 0 Å². The fourth-order valence-electron chi connectivity index (χ4n) is 3.67. The number of hydrogen-bond acceptors (Lipinski definition) is 3. The molecule has 3 unspecified atom stereocenters. The fraction of sp³-hybridized carbons (Fsp3) is 0.857. The number of carbonyl (C=O) groups excluding carboxylic acids is 1. The van der Waals surface area contributed by atoms with E-state index in [4.69, 9.17) is 4.74 Å². The third-order valence-electron chi connectivity index (χ3n) is 4.73. The molecule has 0 spiro atoms. The first-order valence-corrected chi connectivity index (χ1v) is 7.25. The monoisotopic (exact) mass is 269 g/mol. The zero-order valence-corrected chi connectivity index (χ0v) is 11.7. The van der Waals surface area contributed by atoms with E-state index in [-0.39, 0.29) is 18.1 Å². The molecule has 5 heteroatoms. The molecule has 3 atom stereocenters. The highest BCUT2D eigenvalue weighted by molar-refractivity contribution is 5.81. The smallest absolute Gasteiger partial charge is 0.407 e. The number of unbranched alkanes of at least 4 members (excludes halogenated alkanes) is 1. The Balaban J connectivity index is 2.12. The van der Waals surface area contributed by atoms with E-state index in [1.54, 1.807) is 0 Å². The number of amides is 1. The Morgan fingerprint density at radius 3 is 2.63 bits per heavy atom. The Morgan fingerprint density at radius 1 is 1.37 bits per heavy atom. The van der Waals surface area contributed by atoms with Gasteiger partial charge in [0.1, 0.15) is 0 Å². The van der Waals surface area contributed by atoms with Gasteiger partial charge in [0.05, 0.1) is 18.1 Å². The van der Waals surface area contributed by atoms with Gasteiger partial charge in [0.2, 0.25) is 0 Å². The average Bonchev–Trinajstić information content (AvgIpc) is 2.94. The van der Waals surface area contributed by atoms with Crippen molar-refractivity contribution in [3.63, 3.8) is 0 Å². The van der Waals surface area contributed by atoms with E-state index in [1.807, 2.05) is 13.8 Å². The highest BCUT2D eigenvalue weighted by atomic mass is 16.5. The van der Waals surface area contributed by atoms with E-state index in [0.717, 1.165) is 25.7 Å². The van der Waals surface area contributed by atoms with Gasteiger partial charge in [-0.1, -0.05) is 20.3 Å². The maximum absolute atomic E-state index is 12.4. The number of nitrogens with zero attached hydrogens (tertiary/aromatic N) is 1. The molecule has 5 nitrogen and oxygen atoms in total. The van der Waals surface area contributed by atoms with E-state index in [9.17, 15) is 14.7 Å². The Hall–Kier alpha value is -1.26. The summed E-state index contributed by atoms with van der Waals surface area (Å²) in [5, 5.41) is 9.29. The van der Waals surface area contributed by atoms with Gasteiger partial charge < -0.3 is 14.7 Å². The average molecular weight is 269 g/mol. The van der Waals surface area contributed by atoms with E-state index < -0.39 is 11.5 Å². The van der Waals surface area contributed by atoms with Gasteiger partial charge in [-0.25, -0.2) is 4.79 Å². The van der Waals surface area contributed by atoms with Crippen LogP contribution in [0.25, 0.3) is 0 Å². The summed E-state index contributed by atoms with van der Waals surface area (Å²) in [7, 11) is 0. The fourth-order valence-corrected chi connectivity index (χ4v) is 3.67. The van der Waals surface area contributed by atoms with Crippen molar-refractivity contribution in [3.8, 4) is 0 Å². The lowest BCUT2D eigenvalue weighted by atomic mass is 9.72. The third kappa shape index (κ3) is 2.19. The van der Waals surface area contributed by atoms with Crippen molar-refractivity contribution in [2.45, 2.75) is 64.5 Å². The molecule has 1 N–H and O–H groups in total. The minimum atomic E-state index is -0.899. The molecule has 0 aromatic heterocycles. The quantitative estimate of drug-likeness (QED) is 0.615. The maximum Gasteiger partial charge on any atom is 0.407 e. The highest BCUT2D eigenvalue weighted by Gasteiger charge is 2.61. The number of ether oxygens (including phenoxy) is 1. The van der Waals surface area contributed by atoms with Gasteiger partial charge in [0, 0.05) is 6.04 Å². The number of esters is 1. The lowest BCUT2D eigenvalue weighted by Gasteiger charge is -2.33. The highest BCUT2D eigenvalue weighted by Crippen LogP contribution is 2.52. The zero-order chi connectivity index (χ0) is 14.0. The second-order valence-electron chi connectivity index (χ2n) is 5.64. The summed E-state index contributed by atoms with van der Waals surface area (Å²) >= 11 is 0. The molecule has 2 aliphatic rings. The minimum Gasteiger partial charge on any atom is -0.465 e. The minimum absolute atomic E-state index is 0.00109. The van der Waals surface area contributed by atoms with Crippen LogP contribution in [-0.4, -0.2) is 40.8 Å². The van der Waals surface area contributed by atoms with Crippen LogP contribution in [0.4, 0.5) is 4.79 Å². The van der Waals surface area contributed by atoms with Crippen LogP contribution < -0.4 is 0 Å². The molecule has 1 amide bonds. The summed E-state index contributed by atoms with van der Waals surface area (Å²) in [4.78, 5) is 25.2. The van der Waals surface area contributed by atoms with Crippen LogP contribution in [0, 0.1) is 5.41 Å². The number of rotatable bonds is 5. The second-order valence-corrected chi connectivity index (χ2v) is 5.64. The topological polar surface area (TPSA) is 66.8 Å². The summed E-state index contributed by atoms with van der Waals surface area (Å²) in [6.45, 7) is 4.45. The van der Waals surface area contributed by atoms with Crippen LogP contribution in [0.5, 0.6) is 0 Å². The summed E-state index contributed by atoms with van der Waals surface area (Å²) < 4.78 is 5.38. The third-order valence-corrected chi connectivity index (χ3v) is 4.73. The van der Waals surface area contributed by atoms with E-state index in [0.29, 0.717) is 19.4 Å². The molecule has 2 heterocycles. The molecular formula is C14H23NO4. The molecule has 2 saturated heterocycles. The molecule has 19 heavy (non-hydrogen) atoms. The Bertz CT molecular complexity index is 370. The maximum atomic E-state index is 12.4. The molecule has 2 bridgehead atoms. The van der Waals surface area contributed by atoms with Crippen molar-refractivity contribution in [1.82, 2.24) is 4.90 Å². The Morgan fingerprint density at radius 2 is 2.11 bits per heavy atom. The number of hydrogen-bond donors (Lipinski definition) is 1. The molecular weight excluding hydrogens is 246 g/mol. The van der Waals surface area contributed by atoms with E-state index >= 15 is 0 Å². The second kappa shape index (κ2) is 5.39. The predicted octanol–water partition coefficient (Wildman–Crippen LogP) is 2.64. The molecule has 0 aromatic carbocycles. The predicted molar refractivity (Wildman–Crippen MR) is 69.9 cm³/mol. The molecule has 2 rings (SSSR count). The van der Waals surface area contributed by atoms with Gasteiger partial charge in [-0.05, 0) is 32.1 Å². The van der Waals surface area contributed by atoms with Gasteiger partial charge in [-0.15, -0.1) is 0 Å². The first-order chi connectivity index (χ1) is 9.06. The molecule has 2 aliphatic heterocycles. The molecule has 0 saturated carbocycles.